The summed E-state index contributed by atoms with van der Waals surface area (Å²) in [5.74, 6) is -0.372. The molecule has 1 aliphatic carbocycles. The second kappa shape index (κ2) is 9.65. The van der Waals surface area contributed by atoms with Gasteiger partial charge in [0.1, 0.15) is 0 Å². The maximum atomic E-state index is 11.4. The predicted octanol–water partition coefficient (Wildman–Crippen LogP) is 5.71. The Kier molecular flexibility index (Phi) is 7.19. The van der Waals surface area contributed by atoms with Gasteiger partial charge in [0.15, 0.2) is 0 Å². The molecule has 0 atom stereocenters. The molecule has 6 heteroatoms. The zero-order valence-electron chi connectivity index (χ0n) is 17.3. The third kappa shape index (κ3) is 6.33. The molecule has 0 saturated heterocycles. The Morgan fingerprint density at radius 3 is 2.33 bits per heavy atom. The summed E-state index contributed by atoms with van der Waals surface area (Å²) in [6.07, 6.45) is 4.05. The molecule has 4 rings (SSSR count). The average molecular weight is 419 g/mol. The van der Waals surface area contributed by atoms with E-state index in [1.807, 2.05) is 18.2 Å². The van der Waals surface area contributed by atoms with E-state index >= 15 is 0 Å². The highest BCUT2D eigenvalue weighted by Gasteiger charge is 2.25. The highest BCUT2D eigenvalue weighted by Crippen LogP contribution is 2.30. The first-order valence-corrected chi connectivity index (χ1v) is 10.5. The average Bonchev–Trinajstić information content (AvgIpc) is 2.72. The quantitative estimate of drug-likeness (QED) is 0.694. The lowest BCUT2D eigenvalue weighted by Crippen LogP contribution is -2.40. The number of primary amides is 1. The number of nitrogens with two attached hydrogens (primary N) is 1. The maximum Gasteiger partial charge on any atom is 0.386 e. The van der Waals surface area contributed by atoms with Gasteiger partial charge in [-0.3, -0.25) is 9.69 Å². The third-order valence-corrected chi connectivity index (χ3v) is 5.82. The van der Waals surface area contributed by atoms with Crippen LogP contribution in [0, 0.1) is 0 Å². The van der Waals surface area contributed by atoms with Crippen LogP contribution in [0.3, 0.4) is 0 Å². The Morgan fingerprint density at radius 1 is 1.00 bits per heavy atom. The molecule has 1 heterocycles. The van der Waals surface area contributed by atoms with Crippen molar-refractivity contribution in [2.75, 3.05) is 6.54 Å². The van der Waals surface area contributed by atoms with E-state index in [4.69, 9.17) is 5.73 Å². The molecule has 2 N–H and O–H groups in total. The zero-order valence-corrected chi connectivity index (χ0v) is 17.3. The van der Waals surface area contributed by atoms with Gasteiger partial charge < -0.3 is 5.73 Å². The Morgan fingerprint density at radius 2 is 1.67 bits per heavy atom. The van der Waals surface area contributed by atoms with Crippen molar-refractivity contribution in [3.8, 4) is 11.1 Å². The topological polar surface area (TPSA) is 46.3 Å². The molecule has 2 aliphatic rings. The van der Waals surface area contributed by atoms with Crippen molar-refractivity contribution >= 4 is 5.91 Å². The molecule has 2 aromatic carbocycles. The van der Waals surface area contributed by atoms with Gasteiger partial charge in [0, 0.05) is 31.6 Å². The number of carbonyl (C=O) groups is 1. The first-order chi connectivity index (χ1) is 14.2. The van der Waals surface area contributed by atoms with Gasteiger partial charge in [0.2, 0.25) is 5.91 Å². The van der Waals surface area contributed by atoms with Crippen molar-refractivity contribution in [1.29, 1.82) is 0 Å². The lowest BCUT2D eigenvalue weighted by atomic mass is 9.90. The number of halogens is 3. The van der Waals surface area contributed by atoms with Gasteiger partial charge in [-0.25, -0.2) is 0 Å². The number of nitrogens with zero attached hydrogens (tertiary/aromatic N) is 1. The fourth-order valence-corrected chi connectivity index (χ4v) is 4.36. The maximum absolute atomic E-state index is 11.4. The highest BCUT2D eigenvalue weighted by molar-refractivity contribution is 5.94. The second-order valence-corrected chi connectivity index (χ2v) is 8.22. The second-order valence-electron chi connectivity index (χ2n) is 8.22. The summed E-state index contributed by atoms with van der Waals surface area (Å²) in [4.78, 5) is 14.1. The molecule has 1 amide bonds. The molecule has 1 saturated carbocycles. The number of benzene rings is 2. The van der Waals surface area contributed by atoms with Gasteiger partial charge in [-0.15, -0.1) is 0 Å². The summed E-state index contributed by atoms with van der Waals surface area (Å²) in [6.45, 7) is 2.44. The monoisotopic (exact) mass is 418 g/mol. The van der Waals surface area contributed by atoms with E-state index < -0.39 is 6.18 Å². The van der Waals surface area contributed by atoms with Crippen LogP contribution in [0.5, 0.6) is 0 Å². The molecule has 30 heavy (non-hydrogen) atoms. The molecule has 1 fully saturated rings. The van der Waals surface area contributed by atoms with Crippen LogP contribution >= 0.6 is 0 Å². The van der Waals surface area contributed by atoms with Crippen LogP contribution in [0.1, 0.15) is 60.5 Å². The summed E-state index contributed by atoms with van der Waals surface area (Å²) in [5.41, 5.74) is 11.1. The molecular weight excluding hydrogens is 389 g/mol. The van der Waals surface area contributed by atoms with Gasteiger partial charge in [-0.1, -0.05) is 49.6 Å². The highest BCUT2D eigenvalue weighted by atomic mass is 19.4. The molecule has 3 nitrogen and oxygen atoms in total. The fourth-order valence-electron chi connectivity index (χ4n) is 4.36. The Bertz CT molecular complexity index is 867. The largest absolute Gasteiger partial charge is 0.386 e. The standard InChI is InChI=1S/C22H26N2O.C2H3F3/c23-22(25)19-6-4-5-16(14-19)17-9-10-20-15-24(12-11-18(20)13-17)21-7-2-1-3-8-21;1-2(3,4)5/h4-6,9-10,13-14,21H,1-3,7-8,11-12,15H2,(H2,23,25);1H3. The van der Waals surface area contributed by atoms with Crippen LogP contribution in [0.25, 0.3) is 11.1 Å². The minimum atomic E-state index is -4.00. The Hall–Kier alpha value is -2.34. The van der Waals surface area contributed by atoms with E-state index in [0.717, 1.165) is 24.6 Å². The minimum Gasteiger partial charge on any atom is -0.366 e. The number of hydrogen-bond donors (Lipinski definition) is 1. The van der Waals surface area contributed by atoms with Crippen LogP contribution in [0.15, 0.2) is 42.5 Å². The van der Waals surface area contributed by atoms with Crippen LogP contribution in [-0.2, 0) is 13.0 Å². The van der Waals surface area contributed by atoms with Crippen molar-refractivity contribution in [3.63, 3.8) is 0 Å². The van der Waals surface area contributed by atoms with E-state index in [0.29, 0.717) is 5.56 Å². The smallest absolute Gasteiger partial charge is 0.366 e. The van der Waals surface area contributed by atoms with E-state index in [1.165, 1.54) is 55.3 Å². The van der Waals surface area contributed by atoms with Gasteiger partial charge >= 0.3 is 6.18 Å². The molecule has 0 aromatic heterocycles. The SMILES string of the molecule is CC(F)(F)F.NC(=O)c1cccc(-c2ccc3c(c2)CCN(C2CCCCC2)C3)c1. The van der Waals surface area contributed by atoms with Crippen molar-refractivity contribution < 1.29 is 18.0 Å². The summed E-state index contributed by atoms with van der Waals surface area (Å²) in [5, 5.41) is 0. The van der Waals surface area contributed by atoms with E-state index in [9.17, 15) is 18.0 Å². The van der Waals surface area contributed by atoms with Gasteiger partial charge in [0.25, 0.3) is 0 Å². The zero-order chi connectivity index (χ0) is 21.7. The minimum absolute atomic E-state index is 0.188. The number of fused-ring (bicyclic) bond motifs is 1. The number of hydrogen-bond acceptors (Lipinski definition) is 2. The van der Waals surface area contributed by atoms with Gasteiger partial charge in [-0.05, 0) is 53.6 Å². The number of rotatable bonds is 3. The van der Waals surface area contributed by atoms with Crippen molar-refractivity contribution in [2.24, 2.45) is 5.73 Å². The van der Waals surface area contributed by atoms with E-state index in [1.54, 1.807) is 6.07 Å². The van der Waals surface area contributed by atoms with Crippen molar-refractivity contribution in [3.05, 3.63) is 59.2 Å². The first-order valence-electron chi connectivity index (χ1n) is 10.5. The van der Waals surface area contributed by atoms with E-state index in [-0.39, 0.29) is 12.8 Å². The third-order valence-electron chi connectivity index (χ3n) is 5.82. The lowest BCUT2D eigenvalue weighted by molar-refractivity contribution is -0.110. The molecule has 0 spiro atoms. The van der Waals surface area contributed by atoms with Crippen LogP contribution < -0.4 is 5.73 Å². The van der Waals surface area contributed by atoms with Gasteiger partial charge in [-0.2, -0.15) is 13.2 Å². The van der Waals surface area contributed by atoms with Crippen LogP contribution in [0.2, 0.25) is 0 Å². The number of alkyl halides is 3. The van der Waals surface area contributed by atoms with Crippen LogP contribution in [0.4, 0.5) is 13.2 Å². The summed E-state index contributed by atoms with van der Waals surface area (Å²) in [6, 6.07) is 15.2. The fraction of sp³-hybridized carbons (Fsp3) is 0.458. The predicted molar refractivity (Wildman–Crippen MR) is 113 cm³/mol. The molecule has 0 unspecified atom stereocenters. The van der Waals surface area contributed by atoms with Crippen molar-refractivity contribution in [2.45, 2.75) is 64.2 Å². The summed E-state index contributed by atoms with van der Waals surface area (Å²) < 4.78 is 31.1. The molecular formula is C24H29F3N2O. The molecule has 1 aliphatic heterocycles. The summed E-state index contributed by atoms with van der Waals surface area (Å²) in [7, 11) is 0. The molecule has 0 radical (unpaired) electrons. The van der Waals surface area contributed by atoms with Gasteiger partial charge in [0.05, 0.1) is 0 Å². The molecule has 2 aromatic rings. The van der Waals surface area contributed by atoms with Crippen molar-refractivity contribution in [1.82, 2.24) is 4.90 Å². The number of amides is 1. The molecule has 0 bridgehead atoms. The Labute approximate surface area is 176 Å². The first kappa shape index (κ1) is 22.3. The summed E-state index contributed by atoms with van der Waals surface area (Å²) >= 11 is 0. The van der Waals surface area contributed by atoms with Crippen LogP contribution in [-0.4, -0.2) is 29.6 Å². The number of carbonyl (C=O) groups excluding carboxylic acids is 1. The lowest BCUT2D eigenvalue weighted by Gasteiger charge is -2.37. The molecule has 162 valence electrons. The van der Waals surface area contributed by atoms with E-state index in [2.05, 4.69) is 23.1 Å². The Balaban J connectivity index is 0.000000461. The normalized spacial score (nSPS) is 17.6.